The van der Waals surface area contributed by atoms with Crippen LogP contribution in [0.1, 0.15) is 103 Å². The highest BCUT2D eigenvalue weighted by molar-refractivity contribution is 7.86. The Hall–Kier alpha value is -1.91. The lowest BCUT2D eigenvalue weighted by atomic mass is 9.52. The van der Waals surface area contributed by atoms with E-state index in [1.807, 2.05) is 0 Å². The van der Waals surface area contributed by atoms with Crippen molar-refractivity contribution >= 4 is 51.4 Å². The molecule has 0 aliphatic heterocycles. The van der Waals surface area contributed by atoms with Gasteiger partial charge in [-0.2, -0.15) is 8.42 Å². The van der Waals surface area contributed by atoms with Crippen LogP contribution in [0.4, 0.5) is 0 Å². The van der Waals surface area contributed by atoms with E-state index in [0.717, 1.165) is 12.7 Å². The van der Waals surface area contributed by atoms with Gasteiger partial charge in [0.15, 0.2) is 16.6 Å². The maximum absolute atomic E-state index is 13.4. The molecule has 0 heterocycles. The fourth-order valence-corrected chi connectivity index (χ4v) is 17.4. The highest BCUT2D eigenvalue weighted by Crippen LogP contribution is 2.57. The van der Waals surface area contributed by atoms with Crippen molar-refractivity contribution in [3.8, 4) is 0 Å². The number of hydrogen-bond donors (Lipinski definition) is 0. The molecule has 0 aromatic heterocycles. The van der Waals surface area contributed by atoms with Crippen molar-refractivity contribution in [1.29, 1.82) is 0 Å². The van der Waals surface area contributed by atoms with Gasteiger partial charge in [-0.05, 0) is 106 Å². The lowest BCUT2D eigenvalue weighted by Gasteiger charge is -2.58. The minimum atomic E-state index is -3.98. The molecule has 2 aromatic carbocycles. The zero-order valence-corrected chi connectivity index (χ0v) is 45.6. The average Bonchev–Trinajstić information content (AvgIpc) is 3.13. The van der Waals surface area contributed by atoms with Gasteiger partial charge in [-0.15, -0.1) is 0 Å². The topological polar surface area (TPSA) is 97.4 Å². The highest BCUT2D eigenvalue weighted by Gasteiger charge is 2.60. The normalized spacial score (nSPS) is 25.6. The summed E-state index contributed by atoms with van der Waals surface area (Å²) in [5.74, 6) is -1.12. The Morgan fingerprint density at radius 2 is 1.21 bits per heavy atom. The molecule has 2 saturated carbocycles. The van der Waals surface area contributed by atoms with Gasteiger partial charge in [-0.1, -0.05) is 150 Å². The SMILES string of the molecule is C=C1[C@@H](OC(C)=O)[C@@H]2[C@H]([C@H](C)CO[Si](C)(C)C(C)(C)C)C[C@@H](O[Si](c3ccccc3)(c3ccccc3)C(C)(C)C)C[C@@H]2[C@H]([C@H](CO[Si](C)(C)C(C)(C)C)C(C)C)[C@@H]1OS(C)(=O)=O. The smallest absolute Gasteiger partial charge is 0.303 e. The summed E-state index contributed by atoms with van der Waals surface area (Å²) >= 11 is 0. The predicted octanol–water partition coefficient (Wildman–Crippen LogP) is 11.0. The molecule has 9 atom stereocenters. The second-order valence-electron chi connectivity index (χ2n) is 23.2. The molecule has 62 heavy (non-hydrogen) atoms. The van der Waals surface area contributed by atoms with Crippen molar-refractivity contribution in [1.82, 2.24) is 0 Å². The first-order valence-corrected chi connectivity index (χ1v) is 32.6. The summed E-state index contributed by atoms with van der Waals surface area (Å²) in [5.41, 5.74) is 0.503. The van der Waals surface area contributed by atoms with Crippen molar-refractivity contribution in [2.24, 2.45) is 41.4 Å². The van der Waals surface area contributed by atoms with Gasteiger partial charge in [0, 0.05) is 32.2 Å². The van der Waals surface area contributed by atoms with E-state index in [-0.39, 0.29) is 62.6 Å². The summed E-state index contributed by atoms with van der Waals surface area (Å²) in [6.07, 6.45) is 0.545. The number of hydrogen-bond acceptors (Lipinski definition) is 8. The number of rotatable bonds is 16. The summed E-state index contributed by atoms with van der Waals surface area (Å²) in [6.45, 7) is 43.3. The zero-order chi connectivity index (χ0) is 47.0. The Morgan fingerprint density at radius 1 is 0.742 bits per heavy atom. The molecule has 350 valence electrons. The Kier molecular flexibility index (Phi) is 16.6. The van der Waals surface area contributed by atoms with E-state index in [1.54, 1.807) is 0 Å². The molecule has 0 N–H and O–H groups in total. The number of carbonyl (C=O) groups is 1. The maximum Gasteiger partial charge on any atom is 0.303 e. The minimum Gasteiger partial charge on any atom is -0.458 e. The monoisotopic (exact) mass is 929 g/mol. The first kappa shape index (κ1) is 52.7. The molecule has 2 aliphatic rings. The molecule has 8 nitrogen and oxygen atoms in total. The molecule has 0 saturated heterocycles. The number of carbonyl (C=O) groups excluding carboxylic acids is 1. The molecule has 4 rings (SSSR count). The van der Waals surface area contributed by atoms with E-state index in [9.17, 15) is 13.2 Å². The molecule has 0 bridgehead atoms. The van der Waals surface area contributed by atoms with Crippen molar-refractivity contribution in [3.63, 3.8) is 0 Å². The third kappa shape index (κ3) is 11.7. The quantitative estimate of drug-likeness (QED) is 0.0711. The minimum absolute atomic E-state index is 0.0199. The summed E-state index contributed by atoms with van der Waals surface area (Å²) in [5, 5.41) is 2.14. The van der Waals surface area contributed by atoms with E-state index < -0.39 is 53.2 Å². The lowest BCUT2D eigenvalue weighted by Crippen LogP contribution is -2.69. The van der Waals surface area contributed by atoms with Gasteiger partial charge in [-0.3, -0.25) is 8.98 Å². The van der Waals surface area contributed by atoms with E-state index in [1.165, 1.54) is 17.3 Å². The van der Waals surface area contributed by atoms with Crippen LogP contribution in [-0.4, -0.2) is 77.1 Å². The van der Waals surface area contributed by atoms with Gasteiger partial charge >= 0.3 is 5.97 Å². The van der Waals surface area contributed by atoms with Gasteiger partial charge in [-0.25, -0.2) is 0 Å². The first-order chi connectivity index (χ1) is 28.3. The first-order valence-electron chi connectivity index (χ1n) is 23.1. The van der Waals surface area contributed by atoms with Crippen LogP contribution in [0.3, 0.4) is 0 Å². The molecule has 0 spiro atoms. The summed E-state index contributed by atoms with van der Waals surface area (Å²) in [6, 6.07) is 21.5. The van der Waals surface area contributed by atoms with Crippen molar-refractivity contribution in [2.75, 3.05) is 19.5 Å². The van der Waals surface area contributed by atoms with Crippen LogP contribution >= 0.6 is 0 Å². The van der Waals surface area contributed by atoms with Gasteiger partial charge in [0.1, 0.15) is 12.2 Å². The number of fused-ring (bicyclic) bond motifs is 1. The molecular formula is C50H84O8SSi3. The lowest BCUT2D eigenvalue weighted by molar-refractivity contribution is -0.165. The van der Waals surface area contributed by atoms with Crippen LogP contribution in [0.15, 0.2) is 72.8 Å². The van der Waals surface area contributed by atoms with Gasteiger partial charge in [0.25, 0.3) is 18.4 Å². The zero-order valence-electron chi connectivity index (χ0n) is 41.8. The maximum atomic E-state index is 13.4. The van der Waals surface area contributed by atoms with Gasteiger partial charge in [0.2, 0.25) is 0 Å². The molecule has 0 amide bonds. The predicted molar refractivity (Wildman–Crippen MR) is 264 cm³/mol. The van der Waals surface area contributed by atoms with E-state index in [4.69, 9.17) is 22.2 Å². The van der Waals surface area contributed by atoms with Crippen LogP contribution < -0.4 is 10.4 Å². The second-order valence-corrected chi connectivity index (χ2v) is 38.7. The van der Waals surface area contributed by atoms with Crippen LogP contribution in [0, 0.1) is 41.4 Å². The number of benzene rings is 2. The molecule has 2 aliphatic carbocycles. The fraction of sp³-hybridized carbons (Fsp3) is 0.700. The molecule has 0 radical (unpaired) electrons. The fourth-order valence-electron chi connectivity index (χ4n) is 9.87. The molecule has 12 heteroatoms. The largest absolute Gasteiger partial charge is 0.458 e. The van der Waals surface area contributed by atoms with Crippen molar-refractivity contribution < 1.29 is 35.4 Å². The molecule has 0 unspecified atom stereocenters. The standard InChI is InChI=1S/C50H84O8SSi3/c1-34(2)43(33-55-61(18,19)49(9,10)11)45-42-31-38(58-62(50(12,13)14,39-26-22-20-23-27-39)40-28-24-21-25-29-40)30-41(35(3)32-54-60(16,17)48(6,7)8)44(42)46(56-37(5)51)36(4)47(45)57-59(15,52)53/h20-29,34-35,38,41-47H,4,30-33H2,1-3,5-19H3/t35-,38-,41+,42+,43-,44-,45-,46-,47-/m1/s1. The average molecular weight is 930 g/mol. The van der Waals surface area contributed by atoms with Gasteiger partial charge < -0.3 is 18.0 Å². The van der Waals surface area contributed by atoms with Gasteiger partial charge in [0.05, 0.1) is 6.26 Å². The summed E-state index contributed by atoms with van der Waals surface area (Å²) in [4.78, 5) is 13.2. The Bertz CT molecular complexity index is 1870. The van der Waals surface area contributed by atoms with Crippen LogP contribution in [0.5, 0.6) is 0 Å². The summed E-state index contributed by atoms with van der Waals surface area (Å²) in [7, 11) is -11.4. The van der Waals surface area contributed by atoms with Crippen LogP contribution in [0.2, 0.25) is 41.3 Å². The van der Waals surface area contributed by atoms with E-state index in [0.29, 0.717) is 25.2 Å². The molecule has 2 fully saturated rings. The number of esters is 1. The van der Waals surface area contributed by atoms with Crippen LogP contribution in [0.25, 0.3) is 0 Å². The summed E-state index contributed by atoms with van der Waals surface area (Å²) < 4.78 is 61.6. The Balaban J connectivity index is 2.04. The Labute approximate surface area is 381 Å². The number of ether oxygens (including phenoxy) is 1. The second kappa shape index (κ2) is 19.5. The third-order valence-electron chi connectivity index (χ3n) is 15.4. The van der Waals surface area contributed by atoms with Crippen molar-refractivity contribution in [3.05, 3.63) is 72.8 Å². The highest BCUT2D eigenvalue weighted by atomic mass is 32.2. The van der Waals surface area contributed by atoms with Crippen molar-refractivity contribution in [2.45, 2.75) is 162 Å². The van der Waals surface area contributed by atoms with E-state index >= 15 is 0 Å². The van der Waals surface area contributed by atoms with E-state index in [2.05, 4.69) is 177 Å². The third-order valence-corrected chi connectivity index (χ3v) is 30.0. The Morgan fingerprint density at radius 3 is 1.61 bits per heavy atom. The molecule has 2 aromatic rings. The molecular weight excluding hydrogens is 845 g/mol. The van der Waals surface area contributed by atoms with Crippen LogP contribution in [-0.2, 0) is 37.1 Å².